The molecular weight excluding hydrogens is 382 g/mol. The van der Waals surface area contributed by atoms with Crippen LogP contribution in [0.25, 0.3) is 10.9 Å². The second-order valence-electron chi connectivity index (χ2n) is 6.83. The molecule has 0 saturated heterocycles. The van der Waals surface area contributed by atoms with E-state index >= 15 is 0 Å². The molecule has 0 atom stereocenters. The van der Waals surface area contributed by atoms with Crippen molar-refractivity contribution >= 4 is 32.6 Å². The van der Waals surface area contributed by atoms with Crippen LogP contribution < -0.4 is 10.5 Å². The molecule has 9 heteroatoms. The standard InChI is InChI=1S/C19H25N3O5S/c1-11(2)27-15-6-7-16-14(5-8-18(23)24)10-22(17(16)9-15)28(25,26)19(12(3)20)13(4)21/h6-7,9-11,20H,5,8,21H2,1-4H3,(H,23,24)/b19-13+,20-12?. The molecule has 2 aromatic rings. The molecule has 28 heavy (non-hydrogen) atoms. The summed E-state index contributed by atoms with van der Waals surface area (Å²) in [5, 5.41) is 17.4. The minimum absolute atomic E-state index is 0.0102. The molecule has 4 N–H and O–H groups in total. The molecule has 0 aliphatic rings. The Morgan fingerprint density at radius 3 is 2.46 bits per heavy atom. The number of ether oxygens (including phenoxy) is 1. The summed E-state index contributed by atoms with van der Waals surface area (Å²) in [4.78, 5) is 10.7. The second kappa shape index (κ2) is 8.05. The van der Waals surface area contributed by atoms with Crippen LogP contribution in [0.15, 0.2) is 35.0 Å². The number of hydrogen-bond donors (Lipinski definition) is 3. The number of hydrogen-bond acceptors (Lipinski definition) is 6. The molecule has 0 unspecified atom stereocenters. The van der Waals surface area contributed by atoms with Crippen LogP contribution in [-0.4, -0.2) is 35.3 Å². The number of nitrogens with zero attached hydrogens (tertiary/aromatic N) is 1. The van der Waals surface area contributed by atoms with Crippen molar-refractivity contribution in [1.82, 2.24) is 3.97 Å². The number of aryl methyl sites for hydroxylation is 1. The molecule has 1 heterocycles. The van der Waals surface area contributed by atoms with E-state index in [4.69, 9.17) is 21.0 Å². The zero-order valence-corrected chi connectivity index (χ0v) is 17.1. The van der Waals surface area contributed by atoms with E-state index in [1.165, 1.54) is 20.0 Å². The Labute approximate surface area is 164 Å². The predicted octanol–water partition coefficient (Wildman–Crippen LogP) is 2.85. The van der Waals surface area contributed by atoms with Crippen molar-refractivity contribution in [3.05, 3.63) is 40.6 Å². The molecule has 0 aliphatic heterocycles. The van der Waals surface area contributed by atoms with Crippen LogP contribution in [0, 0.1) is 5.41 Å². The van der Waals surface area contributed by atoms with E-state index < -0.39 is 16.0 Å². The molecule has 0 spiro atoms. The fraction of sp³-hybridized carbons (Fsp3) is 0.368. The number of aliphatic carboxylic acids is 1. The molecule has 0 aliphatic carbocycles. The van der Waals surface area contributed by atoms with E-state index in [2.05, 4.69) is 0 Å². The Bertz CT molecular complexity index is 1060. The van der Waals surface area contributed by atoms with Gasteiger partial charge in [0.2, 0.25) is 0 Å². The number of carbonyl (C=O) groups is 1. The Kier molecular flexibility index (Phi) is 6.18. The SMILES string of the molecule is CC(=N)/C(=C(/C)N)S(=O)(=O)n1cc(CCC(=O)O)c2ccc(OC(C)C)cc21. The summed E-state index contributed by atoms with van der Waals surface area (Å²) in [6.45, 7) is 6.49. The first-order valence-corrected chi connectivity index (χ1v) is 10.2. The van der Waals surface area contributed by atoms with Gasteiger partial charge in [-0.3, -0.25) is 4.79 Å². The van der Waals surface area contributed by atoms with Gasteiger partial charge in [0.15, 0.2) is 0 Å². The number of carboxylic acids is 1. The summed E-state index contributed by atoms with van der Waals surface area (Å²) in [6, 6.07) is 5.03. The maximum Gasteiger partial charge on any atom is 0.303 e. The van der Waals surface area contributed by atoms with Gasteiger partial charge in [-0.2, -0.15) is 0 Å². The van der Waals surface area contributed by atoms with Crippen LogP contribution in [0.5, 0.6) is 5.75 Å². The maximum absolute atomic E-state index is 13.2. The number of aromatic nitrogens is 1. The summed E-state index contributed by atoms with van der Waals surface area (Å²) >= 11 is 0. The molecule has 1 aromatic carbocycles. The quantitative estimate of drug-likeness (QED) is 0.576. The number of allylic oxidation sites excluding steroid dienone is 2. The van der Waals surface area contributed by atoms with E-state index in [1.54, 1.807) is 18.2 Å². The van der Waals surface area contributed by atoms with E-state index in [0.717, 1.165) is 3.97 Å². The van der Waals surface area contributed by atoms with Gasteiger partial charge in [0, 0.05) is 29.8 Å². The number of nitrogens with two attached hydrogens (primary N) is 1. The monoisotopic (exact) mass is 407 g/mol. The fourth-order valence-corrected chi connectivity index (χ4v) is 4.69. The van der Waals surface area contributed by atoms with E-state index in [9.17, 15) is 13.2 Å². The minimum Gasteiger partial charge on any atom is -0.491 e. The topological polar surface area (TPSA) is 135 Å². The molecule has 2 rings (SSSR count). The van der Waals surface area contributed by atoms with E-state index in [0.29, 0.717) is 22.2 Å². The van der Waals surface area contributed by atoms with Crippen LogP contribution in [0.4, 0.5) is 0 Å². The van der Waals surface area contributed by atoms with Crippen LogP contribution >= 0.6 is 0 Å². The molecule has 0 bridgehead atoms. The first kappa shape index (κ1) is 21.5. The normalized spacial score (nSPS) is 12.9. The highest BCUT2D eigenvalue weighted by atomic mass is 32.2. The lowest BCUT2D eigenvalue weighted by Crippen LogP contribution is -2.21. The van der Waals surface area contributed by atoms with E-state index in [-0.39, 0.29) is 35.3 Å². The molecule has 152 valence electrons. The summed E-state index contributed by atoms with van der Waals surface area (Å²) in [5.41, 5.74) is 6.51. The van der Waals surface area contributed by atoms with Crippen molar-refractivity contribution in [2.45, 2.75) is 46.6 Å². The number of rotatable bonds is 8. The van der Waals surface area contributed by atoms with Gasteiger partial charge in [-0.15, -0.1) is 0 Å². The van der Waals surface area contributed by atoms with Gasteiger partial charge in [0.1, 0.15) is 10.7 Å². The fourth-order valence-electron chi connectivity index (χ4n) is 3.02. The lowest BCUT2D eigenvalue weighted by atomic mass is 10.1. The summed E-state index contributed by atoms with van der Waals surface area (Å²) in [6.07, 6.45) is 1.33. The highest BCUT2D eigenvalue weighted by molar-refractivity contribution is 7.95. The Morgan fingerprint density at radius 1 is 1.32 bits per heavy atom. The lowest BCUT2D eigenvalue weighted by Gasteiger charge is -2.13. The third-order valence-electron chi connectivity index (χ3n) is 4.02. The van der Waals surface area contributed by atoms with Gasteiger partial charge in [-0.05, 0) is 51.8 Å². The Morgan fingerprint density at radius 2 is 1.96 bits per heavy atom. The first-order chi connectivity index (χ1) is 12.9. The van der Waals surface area contributed by atoms with Crippen molar-refractivity contribution in [3.8, 4) is 5.75 Å². The van der Waals surface area contributed by atoms with Crippen LogP contribution in [-0.2, 0) is 21.2 Å². The number of nitrogens with one attached hydrogen (secondary N) is 1. The Hall–Kier alpha value is -2.81. The molecule has 1 aromatic heterocycles. The van der Waals surface area contributed by atoms with Gasteiger partial charge in [-0.25, -0.2) is 12.4 Å². The third-order valence-corrected chi connectivity index (χ3v) is 5.99. The van der Waals surface area contributed by atoms with Crippen LogP contribution in [0.2, 0.25) is 0 Å². The smallest absolute Gasteiger partial charge is 0.303 e. The number of benzene rings is 1. The van der Waals surface area contributed by atoms with Crippen molar-refractivity contribution in [1.29, 1.82) is 5.41 Å². The maximum atomic E-state index is 13.2. The second-order valence-corrected chi connectivity index (χ2v) is 8.58. The van der Waals surface area contributed by atoms with Crippen LogP contribution in [0.3, 0.4) is 0 Å². The molecule has 0 amide bonds. The van der Waals surface area contributed by atoms with E-state index in [1.807, 2.05) is 13.8 Å². The van der Waals surface area contributed by atoms with Crippen molar-refractivity contribution < 1.29 is 23.1 Å². The average Bonchev–Trinajstić information content (AvgIpc) is 2.89. The average molecular weight is 407 g/mol. The van der Waals surface area contributed by atoms with Gasteiger partial charge in [0.05, 0.1) is 17.3 Å². The zero-order valence-electron chi connectivity index (χ0n) is 16.3. The molecule has 0 radical (unpaired) electrons. The lowest BCUT2D eigenvalue weighted by molar-refractivity contribution is -0.136. The van der Waals surface area contributed by atoms with Gasteiger partial charge >= 0.3 is 5.97 Å². The molecule has 0 fully saturated rings. The van der Waals surface area contributed by atoms with Crippen molar-refractivity contribution in [2.75, 3.05) is 0 Å². The predicted molar refractivity (Wildman–Crippen MR) is 108 cm³/mol. The highest BCUT2D eigenvalue weighted by Crippen LogP contribution is 2.30. The highest BCUT2D eigenvalue weighted by Gasteiger charge is 2.27. The van der Waals surface area contributed by atoms with Crippen molar-refractivity contribution in [3.63, 3.8) is 0 Å². The summed E-state index contributed by atoms with van der Waals surface area (Å²) in [5.74, 6) is -0.486. The number of carboxylic acid groups (broad SMARTS) is 1. The van der Waals surface area contributed by atoms with Crippen molar-refractivity contribution in [2.24, 2.45) is 5.73 Å². The van der Waals surface area contributed by atoms with Gasteiger partial charge < -0.3 is 21.0 Å². The number of fused-ring (bicyclic) bond motifs is 1. The largest absolute Gasteiger partial charge is 0.491 e. The Balaban J connectivity index is 2.77. The minimum atomic E-state index is -4.15. The molecular formula is C19H25N3O5S. The summed E-state index contributed by atoms with van der Waals surface area (Å²) < 4.78 is 33.2. The zero-order chi connectivity index (χ0) is 21.2. The summed E-state index contributed by atoms with van der Waals surface area (Å²) in [7, 11) is -4.15. The first-order valence-electron chi connectivity index (χ1n) is 8.75. The van der Waals surface area contributed by atoms with Crippen LogP contribution in [0.1, 0.15) is 39.7 Å². The van der Waals surface area contributed by atoms with Gasteiger partial charge in [0.25, 0.3) is 10.0 Å². The third kappa shape index (κ3) is 4.36. The molecule has 8 nitrogen and oxygen atoms in total. The molecule has 0 saturated carbocycles. The van der Waals surface area contributed by atoms with Gasteiger partial charge in [-0.1, -0.05) is 0 Å².